The minimum atomic E-state index is -0.543. The zero-order valence-electron chi connectivity index (χ0n) is 16.3. The topological polar surface area (TPSA) is 101 Å². The van der Waals surface area contributed by atoms with Crippen LogP contribution in [-0.2, 0) is 4.74 Å². The van der Waals surface area contributed by atoms with Crippen molar-refractivity contribution in [3.8, 4) is 17.2 Å². The highest BCUT2D eigenvalue weighted by Crippen LogP contribution is 2.35. The fourth-order valence-corrected chi connectivity index (χ4v) is 3.29. The van der Waals surface area contributed by atoms with Gasteiger partial charge in [-0.2, -0.15) is 0 Å². The summed E-state index contributed by atoms with van der Waals surface area (Å²) in [6.07, 6.45) is 0. The van der Waals surface area contributed by atoms with E-state index in [1.54, 1.807) is 37.8 Å². The van der Waals surface area contributed by atoms with Crippen molar-refractivity contribution in [2.24, 2.45) is 0 Å². The maximum absolute atomic E-state index is 12.7. The Morgan fingerprint density at radius 3 is 2.38 bits per heavy atom. The van der Waals surface area contributed by atoms with Crippen LogP contribution in [0.3, 0.4) is 0 Å². The van der Waals surface area contributed by atoms with Gasteiger partial charge in [-0.1, -0.05) is 12.1 Å². The number of methoxy groups -OCH3 is 2. The molecule has 8 heteroatoms. The van der Waals surface area contributed by atoms with E-state index in [2.05, 4.69) is 4.98 Å². The van der Waals surface area contributed by atoms with E-state index in [-0.39, 0.29) is 18.0 Å². The molecule has 0 aliphatic carbocycles. The van der Waals surface area contributed by atoms with Gasteiger partial charge in [-0.15, -0.1) is 0 Å². The molecule has 2 heterocycles. The van der Waals surface area contributed by atoms with E-state index in [0.717, 1.165) is 0 Å². The molecule has 0 amide bonds. The summed E-state index contributed by atoms with van der Waals surface area (Å²) in [5, 5.41) is 0. The number of hydrogen-bond donors (Lipinski definition) is 1. The molecule has 0 spiro atoms. The van der Waals surface area contributed by atoms with Crippen LogP contribution in [0.4, 0.5) is 5.82 Å². The fraction of sp³-hybridized carbons (Fsp3) is 0.190. The molecular formula is C21H20N4O4. The second-order valence-corrected chi connectivity index (χ2v) is 6.24. The van der Waals surface area contributed by atoms with Crippen molar-refractivity contribution in [1.29, 1.82) is 0 Å². The Hall–Kier alpha value is -3.81. The molecule has 8 nitrogen and oxygen atoms in total. The summed E-state index contributed by atoms with van der Waals surface area (Å²) in [5.41, 5.74) is 9.45. The van der Waals surface area contributed by atoms with Crippen molar-refractivity contribution >= 4 is 34.0 Å². The summed E-state index contributed by atoms with van der Waals surface area (Å²) in [6, 6.07) is 12.8. The van der Waals surface area contributed by atoms with Crippen LogP contribution < -0.4 is 15.2 Å². The highest BCUT2D eigenvalue weighted by molar-refractivity contribution is 6.09. The van der Waals surface area contributed by atoms with Gasteiger partial charge in [0.1, 0.15) is 16.9 Å². The number of aromatic nitrogens is 3. The van der Waals surface area contributed by atoms with Crippen molar-refractivity contribution < 1.29 is 19.0 Å². The third-order valence-corrected chi connectivity index (χ3v) is 4.60. The summed E-state index contributed by atoms with van der Waals surface area (Å²) in [5.74, 6) is 0.755. The summed E-state index contributed by atoms with van der Waals surface area (Å²) < 4.78 is 17.6. The Kier molecular flexibility index (Phi) is 4.67. The van der Waals surface area contributed by atoms with Crippen molar-refractivity contribution in [1.82, 2.24) is 14.5 Å². The maximum atomic E-state index is 12.7. The largest absolute Gasteiger partial charge is 0.493 e. The first kappa shape index (κ1) is 18.5. The van der Waals surface area contributed by atoms with Gasteiger partial charge in [0.2, 0.25) is 0 Å². The predicted molar refractivity (Wildman–Crippen MR) is 110 cm³/mol. The van der Waals surface area contributed by atoms with Crippen LogP contribution in [0.2, 0.25) is 0 Å². The molecule has 0 aliphatic heterocycles. The number of rotatable bonds is 5. The number of fused-ring (bicyclic) bond motifs is 2. The molecule has 0 fully saturated rings. The highest BCUT2D eigenvalue weighted by Gasteiger charge is 2.26. The van der Waals surface area contributed by atoms with Gasteiger partial charge in [0.05, 0.1) is 37.5 Å². The van der Waals surface area contributed by atoms with Crippen LogP contribution in [0, 0.1) is 0 Å². The van der Waals surface area contributed by atoms with E-state index >= 15 is 0 Å². The lowest BCUT2D eigenvalue weighted by atomic mass is 10.2. The van der Waals surface area contributed by atoms with Gasteiger partial charge in [0.25, 0.3) is 0 Å². The first-order valence-corrected chi connectivity index (χ1v) is 9.05. The number of anilines is 1. The number of nitrogens with two attached hydrogens (primary N) is 1. The lowest BCUT2D eigenvalue weighted by Gasteiger charge is -2.12. The molecular weight excluding hydrogens is 372 g/mol. The molecule has 0 aliphatic rings. The molecule has 2 N–H and O–H groups in total. The first-order valence-electron chi connectivity index (χ1n) is 9.05. The normalized spacial score (nSPS) is 11.0. The zero-order chi connectivity index (χ0) is 20.5. The molecule has 0 radical (unpaired) electrons. The van der Waals surface area contributed by atoms with E-state index < -0.39 is 5.97 Å². The van der Waals surface area contributed by atoms with Crippen molar-refractivity contribution in [2.75, 3.05) is 26.6 Å². The van der Waals surface area contributed by atoms with Crippen LogP contribution in [-0.4, -0.2) is 41.3 Å². The molecule has 2 aromatic carbocycles. The van der Waals surface area contributed by atoms with Crippen molar-refractivity contribution in [3.63, 3.8) is 0 Å². The van der Waals surface area contributed by atoms with Crippen LogP contribution in [0.15, 0.2) is 42.5 Å². The second kappa shape index (κ2) is 7.31. The predicted octanol–water partition coefficient (Wildman–Crippen LogP) is 3.35. The second-order valence-electron chi connectivity index (χ2n) is 6.24. The summed E-state index contributed by atoms with van der Waals surface area (Å²) in [6.45, 7) is 1.96. The minimum absolute atomic E-state index is 0.190. The Bertz CT molecular complexity index is 1230. The van der Waals surface area contributed by atoms with E-state index in [0.29, 0.717) is 39.4 Å². The van der Waals surface area contributed by atoms with Crippen molar-refractivity contribution in [3.05, 3.63) is 48.0 Å². The number of nitrogen functional groups attached to an aromatic ring is 1. The van der Waals surface area contributed by atoms with Gasteiger partial charge in [-0.3, -0.25) is 4.57 Å². The quantitative estimate of drug-likeness (QED) is 0.520. The van der Waals surface area contributed by atoms with Gasteiger partial charge in [-0.25, -0.2) is 14.8 Å². The Morgan fingerprint density at radius 2 is 1.72 bits per heavy atom. The third kappa shape index (κ3) is 2.98. The first-order chi connectivity index (χ1) is 14.1. The van der Waals surface area contributed by atoms with E-state index in [9.17, 15) is 4.79 Å². The number of benzene rings is 2. The van der Waals surface area contributed by atoms with E-state index in [1.165, 1.54) is 0 Å². The average Bonchev–Trinajstić information content (AvgIpc) is 3.02. The van der Waals surface area contributed by atoms with Crippen LogP contribution in [0.1, 0.15) is 17.3 Å². The Balaban J connectivity index is 2.06. The lowest BCUT2D eigenvalue weighted by Crippen LogP contribution is -2.09. The number of esters is 1. The van der Waals surface area contributed by atoms with Crippen LogP contribution in [0.25, 0.3) is 27.9 Å². The van der Waals surface area contributed by atoms with Gasteiger partial charge >= 0.3 is 5.97 Å². The number of hydrogen-bond acceptors (Lipinski definition) is 7. The number of ether oxygens (including phenoxy) is 3. The molecule has 2 aromatic heterocycles. The number of para-hydroxylation sites is 2. The molecule has 0 unspecified atom stereocenters. The Morgan fingerprint density at radius 1 is 1.03 bits per heavy atom. The summed E-state index contributed by atoms with van der Waals surface area (Å²) in [4.78, 5) is 22.0. The SMILES string of the molecule is CCOC(=O)c1c(N)n(-c2ccc(OC)c(OC)c2)c2nc3ccccc3nc12. The molecule has 0 atom stereocenters. The summed E-state index contributed by atoms with van der Waals surface area (Å²) in [7, 11) is 3.11. The highest BCUT2D eigenvalue weighted by atomic mass is 16.5. The van der Waals surface area contributed by atoms with E-state index in [1.807, 2.05) is 30.3 Å². The van der Waals surface area contributed by atoms with Crippen LogP contribution >= 0.6 is 0 Å². The fourth-order valence-electron chi connectivity index (χ4n) is 3.29. The van der Waals surface area contributed by atoms with Gasteiger partial charge < -0.3 is 19.9 Å². The smallest absolute Gasteiger partial charge is 0.344 e. The lowest BCUT2D eigenvalue weighted by molar-refractivity contribution is 0.0529. The van der Waals surface area contributed by atoms with E-state index in [4.69, 9.17) is 24.9 Å². The molecule has 0 saturated heterocycles. The van der Waals surface area contributed by atoms with Gasteiger partial charge in [0.15, 0.2) is 17.1 Å². The summed E-state index contributed by atoms with van der Waals surface area (Å²) >= 11 is 0. The number of carbonyl (C=O) groups excluding carboxylic acids is 1. The van der Waals surface area contributed by atoms with Crippen molar-refractivity contribution in [2.45, 2.75) is 6.92 Å². The molecule has 4 aromatic rings. The maximum Gasteiger partial charge on any atom is 0.344 e. The molecule has 4 rings (SSSR count). The molecule has 0 saturated carbocycles. The van der Waals surface area contributed by atoms with Gasteiger partial charge in [-0.05, 0) is 31.2 Å². The van der Waals surface area contributed by atoms with Gasteiger partial charge in [0, 0.05) is 6.07 Å². The zero-order valence-corrected chi connectivity index (χ0v) is 16.3. The van der Waals surface area contributed by atoms with Crippen LogP contribution in [0.5, 0.6) is 11.5 Å². The standard InChI is InChI=1S/C21H20N4O4/c1-4-29-21(26)17-18-20(24-14-8-6-5-7-13(14)23-18)25(19(17)22)12-9-10-15(27-2)16(11-12)28-3/h5-11H,4,22H2,1-3H3. The monoisotopic (exact) mass is 392 g/mol. The Labute approximate surface area is 166 Å². The average molecular weight is 392 g/mol. The molecule has 29 heavy (non-hydrogen) atoms. The molecule has 148 valence electrons. The minimum Gasteiger partial charge on any atom is -0.493 e. The number of nitrogens with zero attached hydrogens (tertiary/aromatic N) is 3. The third-order valence-electron chi connectivity index (χ3n) is 4.60. The number of carbonyl (C=O) groups is 1. The molecule has 0 bridgehead atoms.